The van der Waals surface area contributed by atoms with Crippen molar-refractivity contribution in [2.45, 2.75) is 25.5 Å². The van der Waals surface area contributed by atoms with Gasteiger partial charge in [0, 0.05) is 5.56 Å². The molecule has 1 aromatic carbocycles. The van der Waals surface area contributed by atoms with Crippen LogP contribution in [0.4, 0.5) is 0 Å². The second kappa shape index (κ2) is 4.30. The molecule has 0 fully saturated rings. The molecule has 4 nitrogen and oxygen atoms in total. The molecule has 1 aliphatic rings. The maximum atomic E-state index is 9.75. The van der Waals surface area contributed by atoms with Gasteiger partial charge < -0.3 is 14.8 Å². The highest BCUT2D eigenvalue weighted by Crippen LogP contribution is 2.31. The van der Waals surface area contributed by atoms with E-state index in [4.69, 9.17) is 11.6 Å². The summed E-state index contributed by atoms with van der Waals surface area (Å²) in [5.74, 6) is 0.891. The Labute approximate surface area is 109 Å². The third kappa shape index (κ3) is 1.87. The lowest BCUT2D eigenvalue weighted by atomic mass is 10.1. The largest absolute Gasteiger partial charge is 0.508 e. The molecule has 1 atom stereocenters. The van der Waals surface area contributed by atoms with E-state index in [1.165, 1.54) is 0 Å². The second-order valence-corrected chi connectivity index (χ2v) is 4.88. The summed E-state index contributed by atoms with van der Waals surface area (Å²) in [6.07, 6.45) is 1.08. The third-order valence-electron chi connectivity index (χ3n) is 3.24. The van der Waals surface area contributed by atoms with E-state index in [1.54, 1.807) is 18.2 Å². The first-order chi connectivity index (χ1) is 8.65. The molecule has 0 bridgehead atoms. The smallest absolute Gasteiger partial charge is 0.150 e. The number of aromatic nitrogens is 2. The van der Waals surface area contributed by atoms with Crippen LogP contribution in [0.15, 0.2) is 24.3 Å². The Morgan fingerprint density at radius 1 is 1.39 bits per heavy atom. The second-order valence-electron chi connectivity index (χ2n) is 4.53. The molecule has 0 saturated carbocycles. The summed E-state index contributed by atoms with van der Waals surface area (Å²) < 4.78 is 1.94. The van der Waals surface area contributed by atoms with Crippen LogP contribution in [0, 0.1) is 0 Å². The van der Waals surface area contributed by atoms with Crippen molar-refractivity contribution in [3.63, 3.8) is 0 Å². The fraction of sp³-hybridized carbons (Fsp3) is 0.308. The molecule has 1 unspecified atom stereocenters. The van der Waals surface area contributed by atoms with Gasteiger partial charge in [0.2, 0.25) is 0 Å². The number of hydrogen-bond donors (Lipinski definition) is 2. The number of aliphatic hydroxyl groups excluding tert-OH is 1. The summed E-state index contributed by atoms with van der Waals surface area (Å²) in [6, 6.07) is 6.89. The summed E-state index contributed by atoms with van der Waals surface area (Å²) in [7, 11) is 0. The maximum absolute atomic E-state index is 9.75. The van der Waals surface area contributed by atoms with Crippen LogP contribution >= 0.6 is 11.6 Å². The lowest BCUT2D eigenvalue weighted by Crippen LogP contribution is -2.24. The Morgan fingerprint density at radius 3 is 3.00 bits per heavy atom. The first kappa shape index (κ1) is 11.6. The van der Waals surface area contributed by atoms with Crippen molar-refractivity contribution in [3.05, 3.63) is 35.1 Å². The van der Waals surface area contributed by atoms with E-state index in [-0.39, 0.29) is 11.9 Å². The van der Waals surface area contributed by atoms with E-state index in [0.717, 1.165) is 17.7 Å². The maximum Gasteiger partial charge on any atom is 0.150 e. The van der Waals surface area contributed by atoms with E-state index in [1.807, 2.05) is 10.6 Å². The lowest BCUT2D eigenvalue weighted by Gasteiger charge is -2.21. The molecule has 0 amide bonds. The van der Waals surface area contributed by atoms with Gasteiger partial charge in [-0.2, -0.15) is 0 Å². The molecule has 0 aliphatic carbocycles. The Balaban J connectivity index is 2.13. The van der Waals surface area contributed by atoms with Crippen molar-refractivity contribution < 1.29 is 10.2 Å². The van der Waals surface area contributed by atoms with Crippen molar-refractivity contribution in [2.24, 2.45) is 0 Å². The molecule has 18 heavy (non-hydrogen) atoms. The lowest BCUT2D eigenvalue weighted by molar-refractivity contribution is 0.132. The van der Waals surface area contributed by atoms with Gasteiger partial charge in [-0.15, -0.1) is 0 Å². The van der Waals surface area contributed by atoms with Crippen molar-refractivity contribution in [2.75, 3.05) is 0 Å². The Morgan fingerprint density at radius 2 is 2.22 bits per heavy atom. The number of fused-ring (bicyclic) bond motifs is 1. The summed E-state index contributed by atoms with van der Waals surface area (Å²) >= 11 is 6.12. The van der Waals surface area contributed by atoms with E-state index in [2.05, 4.69) is 4.98 Å². The van der Waals surface area contributed by atoms with Crippen molar-refractivity contribution in [3.8, 4) is 17.1 Å². The van der Waals surface area contributed by atoms with Gasteiger partial charge in [0.1, 0.15) is 11.6 Å². The van der Waals surface area contributed by atoms with Gasteiger partial charge in [-0.1, -0.05) is 23.7 Å². The van der Waals surface area contributed by atoms with Crippen LogP contribution in [0.3, 0.4) is 0 Å². The number of benzene rings is 1. The minimum atomic E-state index is -0.362. The normalized spacial score (nSPS) is 18.7. The van der Waals surface area contributed by atoms with E-state index in [0.29, 0.717) is 23.9 Å². The van der Waals surface area contributed by atoms with Gasteiger partial charge >= 0.3 is 0 Å². The molecule has 1 aromatic heterocycles. The van der Waals surface area contributed by atoms with Gasteiger partial charge in [0.15, 0.2) is 5.15 Å². The number of hydrogen-bond acceptors (Lipinski definition) is 3. The van der Waals surface area contributed by atoms with Crippen LogP contribution in [0.1, 0.15) is 12.1 Å². The fourth-order valence-corrected chi connectivity index (χ4v) is 2.64. The number of nitrogens with zero attached hydrogens (tertiary/aromatic N) is 2. The van der Waals surface area contributed by atoms with E-state index >= 15 is 0 Å². The predicted molar refractivity (Wildman–Crippen MR) is 68.7 cm³/mol. The van der Waals surface area contributed by atoms with Crippen LogP contribution in [-0.2, 0) is 13.0 Å². The number of aliphatic hydroxyl groups is 1. The Kier molecular flexibility index (Phi) is 2.76. The van der Waals surface area contributed by atoms with Gasteiger partial charge in [0.05, 0.1) is 18.3 Å². The average Bonchev–Trinajstić information content (AvgIpc) is 2.66. The highest BCUT2D eigenvalue weighted by molar-refractivity contribution is 6.30. The Hall–Kier alpha value is -1.52. The Bertz CT molecular complexity index is 595. The van der Waals surface area contributed by atoms with Gasteiger partial charge in [-0.25, -0.2) is 4.98 Å². The minimum absolute atomic E-state index is 0.192. The monoisotopic (exact) mass is 264 g/mol. The molecular formula is C13H13ClN2O2. The van der Waals surface area contributed by atoms with Crippen molar-refractivity contribution in [1.82, 2.24) is 9.55 Å². The number of aromatic hydroxyl groups is 1. The summed E-state index contributed by atoms with van der Waals surface area (Å²) in [4.78, 5) is 4.34. The van der Waals surface area contributed by atoms with Gasteiger partial charge in [-0.3, -0.25) is 0 Å². The zero-order chi connectivity index (χ0) is 12.7. The summed E-state index contributed by atoms with van der Waals surface area (Å²) in [5.41, 5.74) is 1.76. The molecule has 0 spiro atoms. The van der Waals surface area contributed by atoms with Crippen molar-refractivity contribution in [1.29, 1.82) is 0 Å². The first-order valence-electron chi connectivity index (χ1n) is 5.87. The standard InChI is InChI=1S/C13H13ClN2O2/c14-12-11-5-4-10(18)7-16(11)13(15-12)8-2-1-3-9(17)6-8/h1-3,6,10,17-18H,4-5,7H2. The minimum Gasteiger partial charge on any atom is -0.508 e. The highest BCUT2D eigenvalue weighted by atomic mass is 35.5. The average molecular weight is 265 g/mol. The van der Waals surface area contributed by atoms with Crippen LogP contribution in [0.2, 0.25) is 5.15 Å². The van der Waals surface area contributed by atoms with Gasteiger partial charge in [-0.05, 0) is 25.0 Å². The molecule has 0 radical (unpaired) electrons. The molecule has 3 rings (SSSR count). The van der Waals surface area contributed by atoms with Crippen LogP contribution in [0.25, 0.3) is 11.4 Å². The number of halogens is 1. The predicted octanol–water partition coefficient (Wildman–Crippen LogP) is 2.22. The molecule has 5 heteroatoms. The summed E-state index contributed by atoms with van der Waals surface area (Å²) in [6.45, 7) is 0.500. The van der Waals surface area contributed by atoms with Crippen LogP contribution in [-0.4, -0.2) is 25.9 Å². The fourth-order valence-electron chi connectivity index (χ4n) is 2.36. The van der Waals surface area contributed by atoms with E-state index < -0.39 is 0 Å². The van der Waals surface area contributed by atoms with Crippen molar-refractivity contribution >= 4 is 11.6 Å². The molecule has 2 aromatic rings. The quantitative estimate of drug-likeness (QED) is 0.830. The zero-order valence-corrected chi connectivity index (χ0v) is 10.4. The molecule has 0 saturated heterocycles. The topological polar surface area (TPSA) is 58.3 Å². The number of phenolic OH excluding ortho intramolecular Hbond substituents is 1. The molecular weight excluding hydrogens is 252 g/mol. The number of imidazole rings is 1. The SMILES string of the molecule is Oc1cccc(-c2nc(Cl)c3n2CC(O)CC3)c1. The molecule has 94 valence electrons. The number of phenols is 1. The molecule has 2 heterocycles. The van der Waals surface area contributed by atoms with Crippen LogP contribution in [0.5, 0.6) is 5.75 Å². The van der Waals surface area contributed by atoms with E-state index in [9.17, 15) is 10.2 Å². The zero-order valence-electron chi connectivity index (χ0n) is 9.67. The summed E-state index contributed by atoms with van der Waals surface area (Å²) in [5, 5.41) is 19.8. The molecule has 2 N–H and O–H groups in total. The first-order valence-corrected chi connectivity index (χ1v) is 6.25. The van der Waals surface area contributed by atoms with Gasteiger partial charge in [0.25, 0.3) is 0 Å². The molecule has 1 aliphatic heterocycles. The number of rotatable bonds is 1. The van der Waals surface area contributed by atoms with Crippen LogP contribution < -0.4 is 0 Å². The highest BCUT2D eigenvalue weighted by Gasteiger charge is 2.24. The third-order valence-corrected chi connectivity index (χ3v) is 3.54.